The van der Waals surface area contributed by atoms with Crippen LogP contribution in [0.15, 0.2) is 16.6 Å². The summed E-state index contributed by atoms with van der Waals surface area (Å²) in [7, 11) is 0. The predicted molar refractivity (Wildman–Crippen MR) is 81.1 cm³/mol. The summed E-state index contributed by atoms with van der Waals surface area (Å²) >= 11 is 3.00. The summed E-state index contributed by atoms with van der Waals surface area (Å²) in [4.78, 5) is 1.19. The van der Waals surface area contributed by atoms with Gasteiger partial charge in [-0.3, -0.25) is 0 Å². The van der Waals surface area contributed by atoms with Gasteiger partial charge in [0.25, 0.3) is 0 Å². The molecule has 0 spiro atoms. The van der Waals surface area contributed by atoms with Crippen molar-refractivity contribution in [1.29, 1.82) is 0 Å². The number of hydrogen-bond acceptors (Lipinski definition) is 3. The van der Waals surface area contributed by atoms with Crippen LogP contribution in [0.2, 0.25) is 0 Å². The number of aliphatic hydroxyl groups excluding tert-OH is 1. The van der Waals surface area contributed by atoms with Crippen LogP contribution < -0.4 is 9.64 Å². The van der Waals surface area contributed by atoms with Gasteiger partial charge >= 0.3 is 0 Å². The fourth-order valence-corrected chi connectivity index (χ4v) is 3.20. The Morgan fingerprint density at radius 2 is 1.86 bits per heavy atom. The first-order valence-corrected chi connectivity index (χ1v) is 8.09. The van der Waals surface area contributed by atoms with Crippen molar-refractivity contribution in [3.63, 3.8) is 0 Å². The highest BCUT2D eigenvalue weighted by Gasteiger charge is 2.27. The van der Waals surface area contributed by atoms with E-state index in [0.29, 0.717) is 11.0 Å². The number of nitrogens with one attached hydrogen (secondary N) is 1. The average Bonchev–Trinajstić information content (AvgIpc) is 2.35. The minimum Gasteiger partial charge on any atom is -0.485 e. The third kappa shape index (κ3) is 4.87. The largest absolute Gasteiger partial charge is 0.485 e. The van der Waals surface area contributed by atoms with Crippen molar-refractivity contribution >= 4 is 15.9 Å². The average molecular weight is 381 g/mol. The number of quaternary nitrogens is 1. The van der Waals surface area contributed by atoms with Crippen LogP contribution in [0.25, 0.3) is 0 Å². The maximum Gasteiger partial charge on any atom is 0.190 e. The Morgan fingerprint density at radius 3 is 2.41 bits per heavy atom. The molecule has 0 bridgehead atoms. The van der Waals surface area contributed by atoms with Gasteiger partial charge in [-0.1, -0.05) is 15.9 Å². The van der Waals surface area contributed by atoms with E-state index >= 15 is 0 Å². The lowest BCUT2D eigenvalue weighted by Gasteiger charge is -2.33. The standard InChI is InChI=1S/C15H20BrF2NO3/c1-9-5-19(6-10(2)22-9)7-12(20)8-21-15-13(17)3-11(16)4-14(15)18/h3-4,9-10,12,20H,5-8H2,1-2H3/p+1/t9-,10+,12-/m0/s1. The van der Waals surface area contributed by atoms with Gasteiger partial charge < -0.3 is 19.5 Å². The van der Waals surface area contributed by atoms with Crippen molar-refractivity contribution < 1.29 is 28.3 Å². The molecule has 22 heavy (non-hydrogen) atoms. The van der Waals surface area contributed by atoms with Gasteiger partial charge in [0.05, 0.1) is 0 Å². The van der Waals surface area contributed by atoms with Gasteiger partial charge in [0.1, 0.15) is 44.6 Å². The van der Waals surface area contributed by atoms with Crippen LogP contribution >= 0.6 is 15.9 Å². The second kappa shape index (κ2) is 7.68. The second-order valence-electron chi connectivity index (χ2n) is 5.78. The van der Waals surface area contributed by atoms with Crippen molar-refractivity contribution in [2.24, 2.45) is 0 Å². The Morgan fingerprint density at radius 1 is 1.32 bits per heavy atom. The van der Waals surface area contributed by atoms with Crippen LogP contribution in [0.4, 0.5) is 8.78 Å². The highest BCUT2D eigenvalue weighted by Crippen LogP contribution is 2.25. The van der Waals surface area contributed by atoms with Gasteiger partial charge in [-0.2, -0.15) is 0 Å². The van der Waals surface area contributed by atoms with E-state index in [0.717, 1.165) is 25.2 Å². The fourth-order valence-electron chi connectivity index (χ4n) is 2.79. The fraction of sp³-hybridized carbons (Fsp3) is 0.600. The third-order valence-electron chi connectivity index (χ3n) is 3.52. The molecule has 124 valence electrons. The van der Waals surface area contributed by atoms with E-state index in [1.54, 1.807) is 0 Å². The van der Waals surface area contributed by atoms with Crippen LogP contribution in [0, 0.1) is 11.6 Å². The second-order valence-corrected chi connectivity index (χ2v) is 6.70. The van der Waals surface area contributed by atoms with Gasteiger partial charge in [0.2, 0.25) is 0 Å². The number of hydrogen-bond donors (Lipinski definition) is 2. The summed E-state index contributed by atoms with van der Waals surface area (Å²) in [6, 6.07) is 2.25. The van der Waals surface area contributed by atoms with Gasteiger partial charge in [-0.15, -0.1) is 0 Å². The SMILES string of the molecule is C[C@@H]1C[NH+](C[C@H](O)COc2c(F)cc(Br)cc2F)C[C@H](C)O1. The van der Waals surface area contributed by atoms with E-state index < -0.39 is 23.5 Å². The number of halogens is 3. The Kier molecular flexibility index (Phi) is 6.14. The number of aliphatic hydroxyl groups is 1. The highest BCUT2D eigenvalue weighted by molar-refractivity contribution is 9.10. The van der Waals surface area contributed by atoms with E-state index in [1.165, 1.54) is 4.90 Å². The monoisotopic (exact) mass is 380 g/mol. The van der Waals surface area contributed by atoms with Crippen molar-refractivity contribution in [3.05, 3.63) is 28.2 Å². The van der Waals surface area contributed by atoms with Gasteiger partial charge in [-0.25, -0.2) is 8.78 Å². The molecule has 0 radical (unpaired) electrons. The lowest BCUT2D eigenvalue weighted by molar-refractivity contribution is -0.918. The molecule has 1 heterocycles. The first-order chi connectivity index (χ1) is 10.3. The predicted octanol–water partition coefficient (Wildman–Crippen LogP) is 1.16. The van der Waals surface area contributed by atoms with Crippen LogP contribution in [-0.2, 0) is 4.74 Å². The summed E-state index contributed by atoms with van der Waals surface area (Å²) in [5.74, 6) is -2.04. The molecule has 4 nitrogen and oxygen atoms in total. The summed E-state index contributed by atoms with van der Waals surface area (Å²) in [6.45, 7) is 5.88. The molecule has 0 aliphatic carbocycles. The maximum absolute atomic E-state index is 13.6. The van der Waals surface area contributed by atoms with Crippen molar-refractivity contribution in [2.45, 2.75) is 32.2 Å². The van der Waals surface area contributed by atoms with E-state index in [9.17, 15) is 13.9 Å². The molecular weight excluding hydrogens is 360 g/mol. The molecule has 1 fully saturated rings. The first-order valence-electron chi connectivity index (χ1n) is 7.29. The number of morpholine rings is 1. The Bertz CT molecular complexity index is 485. The summed E-state index contributed by atoms with van der Waals surface area (Å²) in [6.07, 6.45) is -0.531. The first kappa shape index (κ1) is 17.6. The molecule has 2 rings (SSSR count). The third-order valence-corrected chi connectivity index (χ3v) is 3.98. The van der Waals surface area contributed by atoms with Gasteiger partial charge in [0, 0.05) is 4.47 Å². The smallest absolute Gasteiger partial charge is 0.190 e. The molecule has 1 aromatic rings. The Balaban J connectivity index is 1.86. The van der Waals surface area contributed by atoms with Crippen LogP contribution in [0.1, 0.15) is 13.8 Å². The van der Waals surface area contributed by atoms with Crippen LogP contribution in [-0.4, -0.2) is 49.7 Å². The molecule has 1 saturated heterocycles. The topological polar surface area (TPSA) is 43.1 Å². The molecule has 1 unspecified atom stereocenters. The molecule has 1 aliphatic heterocycles. The molecule has 1 aliphatic rings. The Hall–Kier alpha value is -0.760. The molecule has 0 saturated carbocycles. The summed E-state index contributed by atoms with van der Waals surface area (Å²) < 4.78 is 38.3. The molecule has 0 amide bonds. The number of rotatable bonds is 5. The molecule has 0 aromatic heterocycles. The van der Waals surface area contributed by atoms with E-state index in [2.05, 4.69) is 15.9 Å². The van der Waals surface area contributed by atoms with Gasteiger partial charge in [-0.05, 0) is 26.0 Å². The lowest BCUT2D eigenvalue weighted by atomic mass is 10.2. The van der Waals surface area contributed by atoms with Crippen LogP contribution in [0.5, 0.6) is 5.75 Å². The van der Waals surface area contributed by atoms with Crippen LogP contribution in [0.3, 0.4) is 0 Å². The molecular formula is C15H21BrF2NO3+. The summed E-state index contributed by atoms with van der Waals surface area (Å²) in [5.41, 5.74) is 0. The van der Waals surface area contributed by atoms with Crippen molar-refractivity contribution in [2.75, 3.05) is 26.2 Å². The zero-order valence-corrected chi connectivity index (χ0v) is 14.2. The highest BCUT2D eigenvalue weighted by atomic mass is 79.9. The van der Waals surface area contributed by atoms with Crippen molar-refractivity contribution in [3.8, 4) is 5.75 Å². The summed E-state index contributed by atoms with van der Waals surface area (Å²) in [5, 5.41) is 10.0. The zero-order chi connectivity index (χ0) is 16.3. The minimum atomic E-state index is -0.796. The van der Waals surface area contributed by atoms with E-state index in [-0.39, 0.29) is 18.8 Å². The quantitative estimate of drug-likeness (QED) is 0.805. The molecule has 7 heteroatoms. The normalized spacial score (nSPS) is 26.7. The zero-order valence-electron chi connectivity index (χ0n) is 12.6. The number of ether oxygens (including phenoxy) is 2. The molecule has 4 atom stereocenters. The van der Waals surface area contributed by atoms with Crippen molar-refractivity contribution in [1.82, 2.24) is 0 Å². The maximum atomic E-state index is 13.6. The lowest BCUT2D eigenvalue weighted by Crippen LogP contribution is -3.16. The molecule has 2 N–H and O–H groups in total. The minimum absolute atomic E-state index is 0.133. The van der Waals surface area contributed by atoms with E-state index in [1.807, 2.05) is 13.8 Å². The molecule has 1 aromatic carbocycles. The van der Waals surface area contributed by atoms with E-state index in [4.69, 9.17) is 9.47 Å². The Labute approximate surface area is 137 Å². The van der Waals surface area contributed by atoms with Gasteiger partial charge in [0.15, 0.2) is 17.4 Å². The number of benzene rings is 1.